The van der Waals surface area contributed by atoms with Crippen molar-refractivity contribution in [2.75, 3.05) is 0 Å². The fraction of sp³-hybridized carbons (Fsp3) is 0.259. The molecule has 0 aromatic heterocycles. The fourth-order valence-corrected chi connectivity index (χ4v) is 9.36. The second-order valence-corrected chi connectivity index (χ2v) is 13.5. The van der Waals surface area contributed by atoms with Gasteiger partial charge >= 0.3 is 0 Å². The third kappa shape index (κ3) is 3.91. The van der Waals surface area contributed by atoms with E-state index < -0.39 is 8.07 Å². The van der Waals surface area contributed by atoms with E-state index in [0.717, 1.165) is 0 Å². The number of hydrogen-bond acceptors (Lipinski definition) is 0. The molecule has 0 radical (unpaired) electrons. The molecule has 0 aliphatic heterocycles. The Balaban J connectivity index is 1.68. The van der Waals surface area contributed by atoms with Gasteiger partial charge in [-0.3, -0.25) is 0 Å². The van der Waals surface area contributed by atoms with Gasteiger partial charge in [0.05, 0.1) is 8.07 Å². The highest BCUT2D eigenvalue weighted by Crippen LogP contribution is 2.46. The number of benzene rings is 3. The van der Waals surface area contributed by atoms with E-state index in [-0.39, 0.29) is 0 Å². The summed E-state index contributed by atoms with van der Waals surface area (Å²) in [6.07, 6.45) is 0. The van der Waals surface area contributed by atoms with Gasteiger partial charge in [-0.05, 0) is 48.7 Å². The van der Waals surface area contributed by atoms with Crippen molar-refractivity contribution in [3.8, 4) is 0 Å². The second-order valence-electron chi connectivity index (χ2n) is 8.79. The van der Waals surface area contributed by atoms with E-state index in [1.54, 1.807) is 11.1 Å². The van der Waals surface area contributed by atoms with Gasteiger partial charge in [-0.1, -0.05) is 108 Å². The van der Waals surface area contributed by atoms with Crippen molar-refractivity contribution < 1.29 is 0 Å². The van der Waals surface area contributed by atoms with Crippen molar-refractivity contribution in [1.29, 1.82) is 0 Å². The molecule has 1 atom stereocenters. The first-order chi connectivity index (χ1) is 13.6. The first-order valence-corrected chi connectivity index (χ1v) is 13.5. The van der Waals surface area contributed by atoms with Crippen LogP contribution in [-0.2, 0) is 12.1 Å². The molecule has 4 rings (SSSR count). The maximum atomic E-state index is 2.62. The summed E-state index contributed by atoms with van der Waals surface area (Å²) < 4.78 is 0. The molecule has 0 heterocycles. The van der Waals surface area contributed by atoms with Crippen LogP contribution >= 0.6 is 0 Å². The molecule has 0 saturated heterocycles. The molecule has 1 aliphatic carbocycles. The molecular formula is C27H30Si. The lowest BCUT2D eigenvalue weighted by Gasteiger charge is -2.32. The van der Waals surface area contributed by atoms with Crippen LogP contribution in [0.2, 0.25) is 12.6 Å². The highest BCUT2D eigenvalue weighted by atomic mass is 28.3. The van der Waals surface area contributed by atoms with E-state index in [2.05, 4.69) is 105 Å². The second kappa shape index (κ2) is 7.93. The molecule has 0 N–H and O–H groups in total. The predicted molar refractivity (Wildman–Crippen MR) is 124 cm³/mol. The molecule has 0 saturated carbocycles. The zero-order valence-electron chi connectivity index (χ0n) is 17.3. The molecule has 0 nitrogen and oxygen atoms in total. The highest BCUT2D eigenvalue weighted by Gasteiger charge is 2.36. The van der Waals surface area contributed by atoms with Crippen LogP contribution in [0.5, 0.6) is 0 Å². The van der Waals surface area contributed by atoms with Gasteiger partial charge in [-0.25, -0.2) is 0 Å². The molecule has 1 heteroatoms. The lowest BCUT2D eigenvalue weighted by Crippen LogP contribution is -2.38. The minimum atomic E-state index is -1.57. The lowest BCUT2D eigenvalue weighted by atomic mass is 9.99. The zero-order chi connectivity index (χ0) is 19.6. The molecule has 0 bridgehead atoms. The minimum absolute atomic E-state index is 0.584. The summed E-state index contributed by atoms with van der Waals surface area (Å²) >= 11 is 0. The normalized spacial score (nSPS) is 16.3. The van der Waals surface area contributed by atoms with Gasteiger partial charge in [0, 0.05) is 5.92 Å². The Kier molecular flexibility index (Phi) is 5.37. The molecular weight excluding hydrogens is 352 g/mol. The van der Waals surface area contributed by atoms with E-state index in [1.165, 1.54) is 40.4 Å². The van der Waals surface area contributed by atoms with Crippen molar-refractivity contribution in [3.05, 3.63) is 113 Å². The lowest BCUT2D eigenvalue weighted by molar-refractivity contribution is 0.878. The first-order valence-electron chi connectivity index (χ1n) is 10.4. The molecule has 142 valence electrons. The third-order valence-corrected chi connectivity index (χ3v) is 10.4. The van der Waals surface area contributed by atoms with Gasteiger partial charge in [-0.2, -0.15) is 0 Å². The highest BCUT2D eigenvalue weighted by molar-refractivity contribution is 6.77. The van der Waals surface area contributed by atoms with Crippen molar-refractivity contribution in [2.24, 2.45) is 0 Å². The number of rotatable bonds is 6. The Hall–Kier alpha value is -2.38. The molecule has 1 aliphatic rings. The molecule has 1 unspecified atom stereocenters. The summed E-state index contributed by atoms with van der Waals surface area (Å²) in [6.45, 7) is 7.29. The van der Waals surface area contributed by atoms with Crippen molar-refractivity contribution in [3.63, 3.8) is 0 Å². The van der Waals surface area contributed by atoms with E-state index in [0.29, 0.717) is 5.92 Å². The quantitative estimate of drug-likeness (QED) is 0.395. The van der Waals surface area contributed by atoms with Crippen LogP contribution in [-0.4, -0.2) is 8.07 Å². The average molecular weight is 383 g/mol. The number of fused-ring (bicyclic) bond motifs is 1. The number of allylic oxidation sites excluding steroid dienone is 2. The largest absolute Gasteiger partial charge is 0.0686 e. The Morgan fingerprint density at radius 2 is 1.18 bits per heavy atom. The monoisotopic (exact) mass is 382 g/mol. The Morgan fingerprint density at radius 1 is 0.679 bits per heavy atom. The van der Waals surface area contributed by atoms with E-state index in [4.69, 9.17) is 0 Å². The Labute approximate surface area is 171 Å². The summed E-state index contributed by atoms with van der Waals surface area (Å²) in [5.41, 5.74) is 9.10. The van der Waals surface area contributed by atoms with Gasteiger partial charge in [-0.15, -0.1) is 0 Å². The van der Waals surface area contributed by atoms with Crippen LogP contribution in [0.3, 0.4) is 0 Å². The zero-order valence-corrected chi connectivity index (χ0v) is 18.3. The maximum absolute atomic E-state index is 2.62. The van der Waals surface area contributed by atoms with Crippen LogP contribution in [0, 0.1) is 0 Å². The summed E-state index contributed by atoms with van der Waals surface area (Å²) in [6, 6.07) is 35.1. The summed E-state index contributed by atoms with van der Waals surface area (Å²) in [5.74, 6) is 0.584. The molecule has 28 heavy (non-hydrogen) atoms. The standard InChI is InChI=1S/C27H30Si/c1-21-22(2)27(26-17-11-10-16-25(21)26)20-28(3,18-23-12-6-4-7-13-23)19-24-14-8-5-9-15-24/h4-17,27H,18-20H2,1-3H3. The van der Waals surface area contributed by atoms with Gasteiger partial charge < -0.3 is 0 Å². The van der Waals surface area contributed by atoms with Crippen molar-refractivity contribution >= 4 is 13.6 Å². The van der Waals surface area contributed by atoms with Crippen molar-refractivity contribution in [1.82, 2.24) is 0 Å². The predicted octanol–water partition coefficient (Wildman–Crippen LogP) is 7.22. The number of hydrogen-bond donors (Lipinski definition) is 0. The summed E-state index contributed by atoms with van der Waals surface area (Å²) in [7, 11) is -1.57. The molecule has 3 aromatic rings. The van der Waals surface area contributed by atoms with E-state index in [9.17, 15) is 0 Å². The molecule has 3 aromatic carbocycles. The molecule has 0 spiro atoms. The molecule has 0 fully saturated rings. The van der Waals surface area contributed by atoms with E-state index in [1.807, 2.05) is 0 Å². The van der Waals surface area contributed by atoms with Gasteiger partial charge in [0.25, 0.3) is 0 Å². The SMILES string of the molecule is CC1=C(C)C(C[Si](C)(Cc2ccccc2)Cc2ccccc2)c2ccccc21. The van der Waals surface area contributed by atoms with Crippen LogP contribution in [0.15, 0.2) is 90.5 Å². The Morgan fingerprint density at radius 3 is 1.75 bits per heavy atom. The van der Waals surface area contributed by atoms with Crippen LogP contribution in [0.4, 0.5) is 0 Å². The Bertz CT molecular complexity index is 928. The topological polar surface area (TPSA) is 0 Å². The third-order valence-electron chi connectivity index (χ3n) is 6.50. The first kappa shape index (κ1) is 19.0. The fourth-order valence-electron chi connectivity index (χ4n) is 4.99. The smallest absolute Gasteiger partial charge is 0.0601 e. The summed E-state index contributed by atoms with van der Waals surface area (Å²) in [4.78, 5) is 0. The molecule has 0 amide bonds. The van der Waals surface area contributed by atoms with E-state index >= 15 is 0 Å². The van der Waals surface area contributed by atoms with Gasteiger partial charge in [0.2, 0.25) is 0 Å². The van der Waals surface area contributed by atoms with Crippen molar-refractivity contribution in [2.45, 2.75) is 44.4 Å². The van der Waals surface area contributed by atoms with Crippen LogP contribution < -0.4 is 0 Å². The average Bonchev–Trinajstić information content (AvgIpc) is 2.94. The minimum Gasteiger partial charge on any atom is -0.0686 e. The van der Waals surface area contributed by atoms with Gasteiger partial charge in [0.1, 0.15) is 0 Å². The maximum Gasteiger partial charge on any atom is 0.0601 e. The van der Waals surface area contributed by atoms with Crippen LogP contribution in [0.25, 0.3) is 5.57 Å². The van der Waals surface area contributed by atoms with Gasteiger partial charge in [0.15, 0.2) is 0 Å². The van der Waals surface area contributed by atoms with Crippen LogP contribution in [0.1, 0.15) is 42.0 Å². The summed E-state index contributed by atoms with van der Waals surface area (Å²) in [5, 5.41) is 0.